The molecule has 32 heavy (non-hydrogen) atoms. The molecule has 0 saturated carbocycles. The van der Waals surface area contributed by atoms with Gasteiger partial charge in [-0.1, -0.05) is 0 Å². The van der Waals surface area contributed by atoms with Gasteiger partial charge in [0.25, 0.3) is 0 Å². The van der Waals surface area contributed by atoms with Crippen LogP contribution in [0, 0.1) is 6.92 Å². The minimum absolute atomic E-state index is 0.240. The van der Waals surface area contributed by atoms with Gasteiger partial charge in [-0.05, 0) is 58.4 Å². The number of carbonyl (C=O) groups excluding carboxylic acids is 2. The Morgan fingerprint density at radius 1 is 1.19 bits per heavy atom. The first-order valence-corrected chi connectivity index (χ1v) is 10.8. The molecule has 0 aliphatic carbocycles. The third kappa shape index (κ3) is 6.12. The number of ether oxygens (including phenoxy) is 1. The Hall–Kier alpha value is -2.82. The lowest BCUT2D eigenvalue weighted by molar-refractivity contribution is -0.137. The number of urea groups is 1. The molecule has 1 aliphatic rings. The molecule has 1 fully saturated rings. The number of alkyl halides is 3. The molecule has 7 nitrogen and oxygen atoms in total. The number of benzene rings is 1. The van der Waals surface area contributed by atoms with Crippen LogP contribution in [0.3, 0.4) is 0 Å². The monoisotopic (exact) mass is 470 g/mol. The first-order valence-electron chi connectivity index (χ1n) is 10.0. The summed E-state index contributed by atoms with van der Waals surface area (Å²) in [5.74, 6) is 0. The molecule has 3 rings (SSSR count). The highest BCUT2D eigenvalue weighted by atomic mass is 32.1. The maximum atomic E-state index is 12.8. The van der Waals surface area contributed by atoms with Gasteiger partial charge in [0.2, 0.25) is 0 Å². The molecule has 1 aromatic carbocycles. The van der Waals surface area contributed by atoms with Gasteiger partial charge in [-0.3, -0.25) is 4.57 Å². The third-order valence-electron chi connectivity index (χ3n) is 4.61. The van der Waals surface area contributed by atoms with Gasteiger partial charge in [0.05, 0.1) is 11.6 Å². The Morgan fingerprint density at radius 2 is 1.84 bits per heavy atom. The lowest BCUT2D eigenvalue weighted by Crippen LogP contribution is -2.41. The molecule has 0 spiro atoms. The summed E-state index contributed by atoms with van der Waals surface area (Å²) in [4.78, 5) is 31.6. The Bertz CT molecular complexity index is 1050. The van der Waals surface area contributed by atoms with Crippen molar-refractivity contribution in [3.63, 3.8) is 0 Å². The molecule has 2 heterocycles. The zero-order valence-corrected chi connectivity index (χ0v) is 19.0. The van der Waals surface area contributed by atoms with Gasteiger partial charge in [0, 0.05) is 29.9 Å². The second-order valence-electron chi connectivity index (χ2n) is 8.51. The number of alkyl carbamates (subject to hydrolysis) is 1. The van der Waals surface area contributed by atoms with Crippen LogP contribution < -0.4 is 10.1 Å². The van der Waals surface area contributed by atoms with Crippen LogP contribution in [0.2, 0.25) is 0 Å². The summed E-state index contributed by atoms with van der Waals surface area (Å²) in [6, 6.07) is 3.96. The summed E-state index contributed by atoms with van der Waals surface area (Å²) >= 11 is 1.26. The van der Waals surface area contributed by atoms with E-state index in [1.165, 1.54) is 28.4 Å². The predicted molar refractivity (Wildman–Crippen MR) is 114 cm³/mol. The van der Waals surface area contributed by atoms with Crippen LogP contribution >= 0.6 is 11.3 Å². The van der Waals surface area contributed by atoms with Crippen LogP contribution in [0.25, 0.3) is 5.69 Å². The predicted octanol–water partition coefficient (Wildman–Crippen LogP) is 4.49. The number of aryl methyl sites for hydroxylation is 1. The van der Waals surface area contributed by atoms with E-state index in [0.717, 1.165) is 17.0 Å². The Morgan fingerprint density at radius 3 is 2.44 bits per heavy atom. The van der Waals surface area contributed by atoms with Crippen molar-refractivity contribution in [2.45, 2.75) is 51.9 Å². The fourth-order valence-corrected chi connectivity index (χ4v) is 4.03. The topological polar surface area (TPSA) is 75.9 Å². The maximum Gasteiger partial charge on any atom is 0.416 e. The van der Waals surface area contributed by atoms with Gasteiger partial charge in [0.1, 0.15) is 5.60 Å². The highest BCUT2D eigenvalue weighted by Gasteiger charge is 2.30. The molecule has 1 saturated heterocycles. The summed E-state index contributed by atoms with van der Waals surface area (Å²) in [5.41, 5.74) is -0.889. The number of likely N-dealkylation sites (tertiary alicyclic amines) is 1. The van der Waals surface area contributed by atoms with Crippen molar-refractivity contribution < 1.29 is 27.5 Å². The highest BCUT2D eigenvalue weighted by molar-refractivity contribution is 7.09. The second-order valence-corrected chi connectivity index (χ2v) is 9.72. The van der Waals surface area contributed by atoms with E-state index >= 15 is 0 Å². The van der Waals surface area contributed by atoms with Gasteiger partial charge < -0.3 is 15.0 Å². The van der Waals surface area contributed by atoms with Crippen molar-refractivity contribution in [1.29, 1.82) is 0 Å². The van der Waals surface area contributed by atoms with Crippen molar-refractivity contribution in [3.05, 3.63) is 45.7 Å². The van der Waals surface area contributed by atoms with Crippen molar-refractivity contribution in [2.24, 2.45) is 4.99 Å². The zero-order valence-electron chi connectivity index (χ0n) is 18.2. The van der Waals surface area contributed by atoms with Crippen LogP contribution in [0.15, 0.2) is 35.5 Å². The molecule has 1 atom stereocenters. The van der Waals surface area contributed by atoms with Gasteiger partial charge in [-0.25, -0.2) is 9.59 Å². The van der Waals surface area contributed by atoms with Crippen LogP contribution in [-0.4, -0.2) is 46.3 Å². The summed E-state index contributed by atoms with van der Waals surface area (Å²) < 4.78 is 45.3. The number of hydrogen-bond donors (Lipinski definition) is 1. The van der Waals surface area contributed by atoms with E-state index in [2.05, 4.69) is 10.3 Å². The molecular formula is C21H25F3N4O3S. The lowest BCUT2D eigenvalue weighted by Gasteiger charge is -2.21. The summed E-state index contributed by atoms with van der Waals surface area (Å²) in [5, 5.41) is 2.75. The van der Waals surface area contributed by atoms with Crippen molar-refractivity contribution in [2.75, 3.05) is 13.1 Å². The van der Waals surface area contributed by atoms with E-state index in [9.17, 15) is 22.8 Å². The maximum absolute atomic E-state index is 12.8. The SMILES string of the molecule is Cc1cn(-c2ccc(C(F)(F)F)cc2)/c(=N/C(=O)N2CC[C@H](NC(=O)OC(C)(C)C)C2)s1. The minimum Gasteiger partial charge on any atom is -0.444 e. The van der Waals surface area contributed by atoms with Gasteiger partial charge >= 0.3 is 18.3 Å². The molecule has 0 bridgehead atoms. The largest absolute Gasteiger partial charge is 0.444 e. The van der Waals surface area contributed by atoms with Gasteiger partial charge in [-0.15, -0.1) is 11.3 Å². The van der Waals surface area contributed by atoms with Crippen LogP contribution in [0.1, 0.15) is 37.6 Å². The number of nitrogens with one attached hydrogen (secondary N) is 1. The molecule has 1 aromatic heterocycles. The smallest absolute Gasteiger partial charge is 0.416 e. The van der Waals surface area contributed by atoms with E-state index in [4.69, 9.17) is 4.74 Å². The number of rotatable bonds is 2. The van der Waals surface area contributed by atoms with E-state index in [1.54, 1.807) is 31.5 Å². The molecule has 174 valence electrons. The third-order valence-corrected chi connectivity index (χ3v) is 5.51. The number of hydrogen-bond acceptors (Lipinski definition) is 4. The standard InChI is InChI=1S/C21H25F3N4O3S/c1-13-11-28(16-7-5-14(6-8-16)21(22,23)24)18(32-13)26-17(29)27-10-9-15(12-27)25-19(30)31-20(2,3)4/h5-8,11,15H,9-10,12H2,1-4H3,(H,25,30)/b26-18-/t15-/m0/s1. The van der Waals surface area contributed by atoms with Crippen LogP contribution in [0.4, 0.5) is 22.8 Å². The van der Waals surface area contributed by atoms with E-state index in [-0.39, 0.29) is 6.04 Å². The van der Waals surface area contributed by atoms with Crippen LogP contribution in [0.5, 0.6) is 0 Å². The number of carbonyl (C=O) groups is 2. The fraction of sp³-hybridized carbons (Fsp3) is 0.476. The number of amides is 3. The second kappa shape index (κ2) is 8.97. The summed E-state index contributed by atoms with van der Waals surface area (Å²) in [6.45, 7) is 7.85. The van der Waals surface area contributed by atoms with E-state index in [1.807, 2.05) is 6.92 Å². The molecule has 0 unspecified atom stereocenters. The number of nitrogens with zero attached hydrogens (tertiary/aromatic N) is 3. The van der Waals surface area contributed by atoms with Crippen molar-refractivity contribution >= 4 is 23.5 Å². The average molecular weight is 471 g/mol. The fourth-order valence-electron chi connectivity index (χ4n) is 3.21. The number of thiazole rings is 1. The van der Waals surface area contributed by atoms with Crippen LogP contribution in [-0.2, 0) is 10.9 Å². The molecule has 1 aliphatic heterocycles. The van der Waals surface area contributed by atoms with E-state index in [0.29, 0.717) is 30.0 Å². The summed E-state index contributed by atoms with van der Waals surface area (Å²) in [7, 11) is 0. The lowest BCUT2D eigenvalue weighted by atomic mass is 10.2. The normalized spacial score (nSPS) is 17.5. The molecule has 3 amide bonds. The Balaban J connectivity index is 1.73. The van der Waals surface area contributed by atoms with Crippen molar-refractivity contribution in [3.8, 4) is 5.69 Å². The van der Waals surface area contributed by atoms with Gasteiger partial charge in [-0.2, -0.15) is 18.2 Å². The first-order chi connectivity index (χ1) is 14.8. The van der Waals surface area contributed by atoms with Crippen molar-refractivity contribution in [1.82, 2.24) is 14.8 Å². The highest BCUT2D eigenvalue weighted by Crippen LogP contribution is 2.29. The quantitative estimate of drug-likeness (QED) is 0.703. The first kappa shape index (κ1) is 23.8. The van der Waals surface area contributed by atoms with E-state index < -0.39 is 29.5 Å². The molecule has 0 radical (unpaired) electrons. The zero-order chi connectivity index (χ0) is 23.7. The number of halogens is 3. The molecular weight excluding hydrogens is 445 g/mol. The number of aromatic nitrogens is 1. The molecule has 11 heteroatoms. The average Bonchev–Trinajstić information content (AvgIpc) is 3.26. The minimum atomic E-state index is -4.42. The molecule has 1 N–H and O–H groups in total. The molecule has 2 aromatic rings. The Kier molecular flexibility index (Phi) is 6.68. The Labute approximate surface area is 187 Å². The summed E-state index contributed by atoms with van der Waals surface area (Å²) in [6.07, 6.45) is -2.67. The van der Waals surface area contributed by atoms with Gasteiger partial charge in [0.15, 0.2) is 4.80 Å².